The van der Waals surface area contributed by atoms with E-state index in [0.717, 1.165) is 19.4 Å². The summed E-state index contributed by atoms with van der Waals surface area (Å²) >= 11 is 0. The molecule has 0 rings (SSSR count). The summed E-state index contributed by atoms with van der Waals surface area (Å²) in [6, 6.07) is 0. The smallest absolute Gasteiger partial charge is 0.0669 e. The fourth-order valence-corrected chi connectivity index (χ4v) is 1.54. The van der Waals surface area contributed by atoms with Crippen LogP contribution in [0.3, 0.4) is 0 Å². The van der Waals surface area contributed by atoms with Gasteiger partial charge in [-0.3, -0.25) is 0 Å². The highest BCUT2D eigenvalue weighted by atomic mass is 16.5. The monoisotopic (exact) mass is 231 g/mol. The Hall–Kier alpha value is -0.120. The third-order valence-corrected chi connectivity index (χ3v) is 2.68. The Morgan fingerprint density at radius 3 is 2.19 bits per heavy atom. The van der Waals surface area contributed by atoms with E-state index in [9.17, 15) is 5.11 Å². The van der Waals surface area contributed by atoms with Crippen LogP contribution in [0.5, 0.6) is 0 Å². The van der Waals surface area contributed by atoms with E-state index >= 15 is 0 Å². The van der Waals surface area contributed by atoms with Gasteiger partial charge in [-0.05, 0) is 38.6 Å². The number of hydrogen-bond donors (Lipinski definition) is 2. The summed E-state index contributed by atoms with van der Waals surface area (Å²) in [6.07, 6.45) is 1.52. The second kappa shape index (κ2) is 6.58. The van der Waals surface area contributed by atoms with Crippen LogP contribution in [0.2, 0.25) is 0 Å². The van der Waals surface area contributed by atoms with Crippen LogP contribution in [0.25, 0.3) is 0 Å². The molecule has 98 valence electrons. The van der Waals surface area contributed by atoms with E-state index in [1.54, 1.807) is 7.11 Å². The van der Waals surface area contributed by atoms with Gasteiger partial charge in [0.05, 0.1) is 11.7 Å². The fourth-order valence-electron chi connectivity index (χ4n) is 1.54. The van der Waals surface area contributed by atoms with Gasteiger partial charge >= 0.3 is 0 Å². The van der Waals surface area contributed by atoms with Crippen molar-refractivity contribution in [1.29, 1.82) is 0 Å². The fraction of sp³-hybridized carbons (Fsp3) is 1.00. The zero-order valence-corrected chi connectivity index (χ0v) is 11.8. The minimum Gasteiger partial charge on any atom is -0.392 e. The molecule has 0 aliphatic carbocycles. The molecule has 0 spiro atoms. The van der Waals surface area contributed by atoms with Gasteiger partial charge in [-0.2, -0.15) is 0 Å². The summed E-state index contributed by atoms with van der Waals surface area (Å²) in [4.78, 5) is 0. The number of ether oxygens (including phenoxy) is 1. The third kappa shape index (κ3) is 9.13. The first-order valence-electron chi connectivity index (χ1n) is 6.10. The Morgan fingerprint density at radius 2 is 1.75 bits per heavy atom. The van der Waals surface area contributed by atoms with E-state index in [4.69, 9.17) is 4.74 Å². The lowest BCUT2D eigenvalue weighted by atomic mass is 9.89. The Morgan fingerprint density at radius 1 is 1.19 bits per heavy atom. The Bertz CT molecular complexity index is 185. The lowest BCUT2D eigenvalue weighted by Crippen LogP contribution is -2.34. The van der Waals surface area contributed by atoms with E-state index in [2.05, 4.69) is 39.9 Å². The molecule has 0 aromatic carbocycles. The van der Waals surface area contributed by atoms with E-state index in [1.807, 2.05) is 0 Å². The topological polar surface area (TPSA) is 41.5 Å². The normalized spacial score (nSPS) is 15.2. The second-order valence-electron chi connectivity index (χ2n) is 6.34. The molecule has 0 amide bonds. The number of hydrogen-bond acceptors (Lipinski definition) is 3. The largest absolute Gasteiger partial charge is 0.392 e. The lowest BCUT2D eigenvalue weighted by Gasteiger charge is -2.25. The van der Waals surface area contributed by atoms with Crippen LogP contribution >= 0.6 is 0 Å². The number of nitrogens with one attached hydrogen (secondary N) is 1. The van der Waals surface area contributed by atoms with Crippen molar-refractivity contribution in [1.82, 2.24) is 5.32 Å². The first kappa shape index (κ1) is 15.9. The minimum atomic E-state index is -0.259. The molecule has 1 atom stereocenters. The first-order chi connectivity index (χ1) is 7.16. The Kier molecular flexibility index (Phi) is 6.53. The minimum absolute atomic E-state index is 0.0814. The van der Waals surface area contributed by atoms with Gasteiger partial charge in [0.15, 0.2) is 0 Å². The van der Waals surface area contributed by atoms with Gasteiger partial charge in [-0.25, -0.2) is 0 Å². The average Bonchev–Trinajstić information content (AvgIpc) is 2.10. The molecule has 3 nitrogen and oxygen atoms in total. The summed E-state index contributed by atoms with van der Waals surface area (Å²) in [5, 5.41) is 13.0. The van der Waals surface area contributed by atoms with Crippen LogP contribution in [-0.2, 0) is 4.74 Å². The van der Waals surface area contributed by atoms with Gasteiger partial charge in [-0.1, -0.05) is 20.8 Å². The van der Waals surface area contributed by atoms with Gasteiger partial charge in [0.2, 0.25) is 0 Å². The molecule has 0 saturated carbocycles. The predicted octanol–water partition coefficient (Wildman–Crippen LogP) is 2.19. The van der Waals surface area contributed by atoms with Crippen molar-refractivity contribution in [2.45, 2.75) is 59.2 Å². The van der Waals surface area contributed by atoms with E-state index in [-0.39, 0.29) is 17.1 Å². The average molecular weight is 231 g/mol. The molecule has 0 aliphatic rings. The van der Waals surface area contributed by atoms with Gasteiger partial charge in [0.1, 0.15) is 0 Å². The van der Waals surface area contributed by atoms with Gasteiger partial charge in [-0.15, -0.1) is 0 Å². The van der Waals surface area contributed by atoms with Crippen molar-refractivity contribution >= 4 is 0 Å². The molecule has 0 saturated heterocycles. The van der Waals surface area contributed by atoms with Crippen molar-refractivity contribution in [3.8, 4) is 0 Å². The third-order valence-electron chi connectivity index (χ3n) is 2.68. The maximum Gasteiger partial charge on any atom is 0.0669 e. The SMILES string of the molecule is COC(C)(C)CCNCC(O)CC(C)(C)C. The van der Waals surface area contributed by atoms with E-state index in [0.29, 0.717) is 6.54 Å². The molecule has 0 aromatic rings. The molecule has 1 unspecified atom stereocenters. The maximum absolute atomic E-state index is 9.78. The number of aliphatic hydroxyl groups excluding tert-OH is 1. The molecular formula is C13H29NO2. The van der Waals surface area contributed by atoms with Crippen molar-refractivity contribution < 1.29 is 9.84 Å². The summed E-state index contributed by atoms with van der Waals surface area (Å²) in [5.41, 5.74) is 0.106. The quantitative estimate of drug-likeness (QED) is 0.660. The van der Waals surface area contributed by atoms with Crippen LogP contribution < -0.4 is 5.32 Å². The van der Waals surface area contributed by atoms with Crippen molar-refractivity contribution in [3.63, 3.8) is 0 Å². The van der Waals surface area contributed by atoms with Crippen LogP contribution in [0.15, 0.2) is 0 Å². The van der Waals surface area contributed by atoms with Gasteiger partial charge in [0.25, 0.3) is 0 Å². The predicted molar refractivity (Wildman–Crippen MR) is 68.7 cm³/mol. The molecule has 0 aliphatic heterocycles. The van der Waals surface area contributed by atoms with Crippen LogP contribution in [0.4, 0.5) is 0 Å². The highest BCUT2D eigenvalue weighted by molar-refractivity contribution is 4.72. The summed E-state index contributed by atoms with van der Waals surface area (Å²) in [7, 11) is 1.73. The van der Waals surface area contributed by atoms with Crippen molar-refractivity contribution in [3.05, 3.63) is 0 Å². The Labute approximate surface area is 101 Å². The highest BCUT2D eigenvalue weighted by Gasteiger charge is 2.18. The standard InChI is InChI=1S/C13H29NO2/c1-12(2,3)9-11(15)10-14-8-7-13(4,5)16-6/h11,14-15H,7-10H2,1-6H3. The summed E-state index contributed by atoms with van der Waals surface area (Å²) < 4.78 is 5.32. The number of aliphatic hydroxyl groups is 1. The van der Waals surface area contributed by atoms with Gasteiger partial charge < -0.3 is 15.2 Å². The zero-order chi connectivity index (χ0) is 12.8. The first-order valence-corrected chi connectivity index (χ1v) is 6.10. The molecule has 0 fully saturated rings. The summed E-state index contributed by atoms with van der Waals surface area (Å²) in [5.74, 6) is 0. The van der Waals surface area contributed by atoms with Crippen molar-refractivity contribution in [2.75, 3.05) is 20.2 Å². The number of rotatable bonds is 7. The second-order valence-corrected chi connectivity index (χ2v) is 6.34. The highest BCUT2D eigenvalue weighted by Crippen LogP contribution is 2.20. The Balaban J connectivity index is 3.60. The lowest BCUT2D eigenvalue weighted by molar-refractivity contribution is 0.0149. The van der Waals surface area contributed by atoms with Crippen molar-refractivity contribution in [2.24, 2.45) is 5.41 Å². The molecule has 0 bridgehead atoms. The molecule has 2 N–H and O–H groups in total. The van der Waals surface area contributed by atoms with E-state index < -0.39 is 0 Å². The molecule has 16 heavy (non-hydrogen) atoms. The zero-order valence-electron chi connectivity index (χ0n) is 11.8. The van der Waals surface area contributed by atoms with Crippen LogP contribution in [0.1, 0.15) is 47.5 Å². The maximum atomic E-state index is 9.78. The van der Waals surface area contributed by atoms with Gasteiger partial charge in [0, 0.05) is 13.7 Å². The van der Waals surface area contributed by atoms with Crippen LogP contribution in [-0.4, -0.2) is 37.0 Å². The van der Waals surface area contributed by atoms with Crippen LogP contribution in [0, 0.1) is 5.41 Å². The molecular weight excluding hydrogens is 202 g/mol. The molecule has 0 aromatic heterocycles. The molecule has 0 heterocycles. The molecule has 0 radical (unpaired) electrons. The van der Waals surface area contributed by atoms with E-state index in [1.165, 1.54) is 0 Å². The summed E-state index contributed by atoms with van der Waals surface area (Å²) in [6.45, 7) is 12.1. The molecule has 3 heteroatoms. The number of methoxy groups -OCH3 is 1.